The van der Waals surface area contributed by atoms with Crippen molar-refractivity contribution in [3.63, 3.8) is 0 Å². The second-order valence-corrected chi connectivity index (χ2v) is 8.00. The van der Waals surface area contributed by atoms with Crippen molar-refractivity contribution in [1.29, 1.82) is 0 Å². The Kier molecular flexibility index (Phi) is 4.82. The lowest BCUT2D eigenvalue weighted by Gasteiger charge is -2.39. The fraction of sp³-hybridized carbons (Fsp3) is 0.786. The normalized spacial score (nSPS) is 26.3. The van der Waals surface area contributed by atoms with E-state index < -0.39 is 10.2 Å². The zero-order chi connectivity index (χ0) is 15.6. The summed E-state index contributed by atoms with van der Waals surface area (Å²) in [6.07, 6.45) is 4.69. The number of piperidine rings is 1. The van der Waals surface area contributed by atoms with Crippen molar-refractivity contribution in [2.45, 2.75) is 38.8 Å². The van der Waals surface area contributed by atoms with Crippen LogP contribution in [0.4, 0.5) is 0 Å². The maximum Gasteiger partial charge on any atom is 0.282 e. The lowest BCUT2D eigenvalue weighted by molar-refractivity contribution is 0.155. The molecular weight excluding hydrogens is 304 g/mol. The summed E-state index contributed by atoms with van der Waals surface area (Å²) in [7, 11) is -3.32. The van der Waals surface area contributed by atoms with E-state index in [1.54, 1.807) is 14.8 Å². The Balaban J connectivity index is 1.58. The Morgan fingerprint density at radius 2 is 2.00 bits per heavy atom. The standard InChI is InChI=1S/C14H24N4O3S/c1-13-4-2-3-7-18(13)22(19,20)17-10-8-16(9-11-17)12-14-5-6-15-21-14/h5-6,13H,2-4,7-12H2,1H3/t13-/m0/s1. The third kappa shape index (κ3) is 3.34. The molecule has 3 rings (SSSR count). The van der Waals surface area contributed by atoms with Gasteiger partial charge in [0.2, 0.25) is 0 Å². The van der Waals surface area contributed by atoms with E-state index in [4.69, 9.17) is 4.52 Å². The summed E-state index contributed by atoms with van der Waals surface area (Å²) in [5, 5.41) is 3.70. The van der Waals surface area contributed by atoms with Gasteiger partial charge in [-0.05, 0) is 19.8 Å². The molecule has 0 saturated carbocycles. The minimum atomic E-state index is -3.32. The summed E-state index contributed by atoms with van der Waals surface area (Å²) in [4.78, 5) is 2.20. The van der Waals surface area contributed by atoms with Crippen LogP contribution < -0.4 is 0 Å². The van der Waals surface area contributed by atoms with Gasteiger partial charge in [-0.3, -0.25) is 4.90 Å². The van der Waals surface area contributed by atoms with Gasteiger partial charge < -0.3 is 4.52 Å². The number of hydrogen-bond donors (Lipinski definition) is 0. The van der Waals surface area contributed by atoms with Gasteiger partial charge in [0.05, 0.1) is 12.7 Å². The maximum absolute atomic E-state index is 12.8. The molecule has 1 atom stereocenters. The predicted octanol–water partition coefficient (Wildman–Crippen LogP) is 0.911. The minimum Gasteiger partial charge on any atom is -0.360 e. The summed E-state index contributed by atoms with van der Waals surface area (Å²) in [5.74, 6) is 0.820. The number of aromatic nitrogens is 1. The molecule has 2 saturated heterocycles. The van der Waals surface area contributed by atoms with Crippen molar-refractivity contribution in [3.8, 4) is 0 Å². The van der Waals surface area contributed by atoms with Crippen molar-refractivity contribution >= 4 is 10.2 Å². The maximum atomic E-state index is 12.8. The van der Waals surface area contributed by atoms with Crippen LogP contribution in [0.25, 0.3) is 0 Å². The zero-order valence-corrected chi connectivity index (χ0v) is 13.8. The fourth-order valence-corrected chi connectivity index (χ4v) is 5.07. The van der Waals surface area contributed by atoms with E-state index in [9.17, 15) is 8.42 Å². The third-order valence-corrected chi connectivity index (χ3v) is 6.72. The van der Waals surface area contributed by atoms with E-state index in [-0.39, 0.29) is 6.04 Å². The fourth-order valence-electron chi connectivity index (χ4n) is 3.23. The molecule has 3 heterocycles. The van der Waals surface area contributed by atoms with Gasteiger partial charge in [-0.2, -0.15) is 17.0 Å². The average Bonchev–Trinajstić information content (AvgIpc) is 3.01. The largest absolute Gasteiger partial charge is 0.360 e. The Hall–Kier alpha value is -0.960. The van der Waals surface area contributed by atoms with E-state index in [2.05, 4.69) is 10.1 Å². The van der Waals surface area contributed by atoms with Crippen molar-refractivity contribution in [2.24, 2.45) is 0 Å². The molecular formula is C14H24N4O3S. The first kappa shape index (κ1) is 15.9. The Bertz CT molecular complexity index is 567. The van der Waals surface area contributed by atoms with E-state index in [1.807, 2.05) is 13.0 Å². The second-order valence-electron chi connectivity index (χ2n) is 6.12. The topological polar surface area (TPSA) is 69.9 Å². The quantitative estimate of drug-likeness (QED) is 0.822. The highest BCUT2D eigenvalue weighted by Gasteiger charge is 2.36. The molecule has 7 nitrogen and oxygen atoms in total. The van der Waals surface area contributed by atoms with Gasteiger partial charge in [0.25, 0.3) is 10.2 Å². The summed E-state index contributed by atoms with van der Waals surface area (Å²) < 4.78 is 34.0. The molecule has 0 bridgehead atoms. The molecule has 8 heteroatoms. The Labute approximate surface area is 132 Å². The summed E-state index contributed by atoms with van der Waals surface area (Å²) in [6.45, 7) is 5.89. The lowest BCUT2D eigenvalue weighted by Crippen LogP contribution is -2.55. The van der Waals surface area contributed by atoms with E-state index in [0.717, 1.165) is 38.1 Å². The summed E-state index contributed by atoms with van der Waals surface area (Å²) in [5.41, 5.74) is 0. The highest BCUT2D eigenvalue weighted by molar-refractivity contribution is 7.86. The Morgan fingerprint density at radius 3 is 2.64 bits per heavy atom. The van der Waals surface area contributed by atoms with Crippen molar-refractivity contribution in [1.82, 2.24) is 18.7 Å². The van der Waals surface area contributed by atoms with Gasteiger partial charge in [-0.25, -0.2) is 0 Å². The number of piperazine rings is 1. The summed E-state index contributed by atoms with van der Waals surface area (Å²) >= 11 is 0. The smallest absolute Gasteiger partial charge is 0.282 e. The predicted molar refractivity (Wildman–Crippen MR) is 82.3 cm³/mol. The molecule has 0 aliphatic carbocycles. The molecule has 22 heavy (non-hydrogen) atoms. The molecule has 0 N–H and O–H groups in total. The molecule has 0 amide bonds. The summed E-state index contributed by atoms with van der Waals surface area (Å²) in [6, 6.07) is 1.96. The van der Waals surface area contributed by atoms with Crippen LogP contribution in [0, 0.1) is 0 Å². The van der Waals surface area contributed by atoms with Crippen LogP contribution in [0.1, 0.15) is 31.9 Å². The van der Waals surface area contributed by atoms with E-state index >= 15 is 0 Å². The highest BCUT2D eigenvalue weighted by atomic mass is 32.2. The van der Waals surface area contributed by atoms with E-state index in [1.165, 1.54) is 0 Å². The zero-order valence-electron chi connectivity index (χ0n) is 13.0. The third-order valence-electron chi connectivity index (χ3n) is 4.57. The minimum absolute atomic E-state index is 0.117. The van der Waals surface area contributed by atoms with Crippen LogP contribution in [0.5, 0.6) is 0 Å². The van der Waals surface area contributed by atoms with Crippen LogP contribution in [-0.2, 0) is 16.8 Å². The highest BCUT2D eigenvalue weighted by Crippen LogP contribution is 2.23. The molecule has 124 valence electrons. The SMILES string of the molecule is C[C@H]1CCCCN1S(=O)(=O)N1CCN(Cc2ccno2)CC1. The first-order chi connectivity index (χ1) is 10.6. The molecule has 2 aliphatic heterocycles. The molecule has 0 unspecified atom stereocenters. The van der Waals surface area contributed by atoms with Crippen molar-refractivity contribution < 1.29 is 12.9 Å². The van der Waals surface area contributed by atoms with Gasteiger partial charge in [0, 0.05) is 44.8 Å². The number of hydrogen-bond acceptors (Lipinski definition) is 5. The molecule has 0 aromatic carbocycles. The molecule has 2 fully saturated rings. The lowest BCUT2D eigenvalue weighted by atomic mass is 10.1. The van der Waals surface area contributed by atoms with Gasteiger partial charge in [0.15, 0.2) is 5.76 Å². The van der Waals surface area contributed by atoms with Crippen LogP contribution in [-0.4, -0.2) is 65.9 Å². The molecule has 0 radical (unpaired) electrons. The molecule has 1 aromatic heterocycles. The van der Waals surface area contributed by atoms with Gasteiger partial charge in [-0.1, -0.05) is 11.6 Å². The second kappa shape index (κ2) is 6.66. The van der Waals surface area contributed by atoms with Crippen LogP contribution in [0.2, 0.25) is 0 Å². The molecule has 1 aromatic rings. The van der Waals surface area contributed by atoms with E-state index in [0.29, 0.717) is 26.2 Å². The molecule has 0 spiro atoms. The molecule has 2 aliphatic rings. The number of rotatable bonds is 4. The van der Waals surface area contributed by atoms with Crippen LogP contribution in [0.15, 0.2) is 16.8 Å². The Morgan fingerprint density at radius 1 is 1.23 bits per heavy atom. The number of nitrogens with zero attached hydrogens (tertiary/aromatic N) is 4. The van der Waals surface area contributed by atoms with Crippen molar-refractivity contribution in [3.05, 3.63) is 18.0 Å². The van der Waals surface area contributed by atoms with Gasteiger partial charge in [-0.15, -0.1) is 0 Å². The monoisotopic (exact) mass is 328 g/mol. The average molecular weight is 328 g/mol. The van der Waals surface area contributed by atoms with Crippen LogP contribution >= 0.6 is 0 Å². The van der Waals surface area contributed by atoms with Crippen molar-refractivity contribution in [2.75, 3.05) is 32.7 Å². The van der Waals surface area contributed by atoms with Gasteiger partial charge >= 0.3 is 0 Å². The van der Waals surface area contributed by atoms with Gasteiger partial charge in [0.1, 0.15) is 0 Å². The first-order valence-electron chi connectivity index (χ1n) is 7.96. The van der Waals surface area contributed by atoms with Crippen LogP contribution in [0.3, 0.4) is 0 Å². The first-order valence-corrected chi connectivity index (χ1v) is 9.36.